The Morgan fingerprint density at radius 3 is 1.90 bits per heavy atom. The van der Waals surface area contributed by atoms with Crippen LogP contribution in [0.5, 0.6) is 0 Å². The molecule has 39 heavy (non-hydrogen) atoms. The lowest BCUT2D eigenvalue weighted by Gasteiger charge is -2.05. The topological polar surface area (TPSA) is 151 Å². The largest absolute Gasteiger partial charge is 0.393 e. The SMILES string of the molecule is Cc1cc([N+](=O)[O-])c(C)nc1CC(N)=S.Cc1ccc(-c2csc(Cc3nc(C)c([N+](=O)[O-])cc3C)n2)cc1. The maximum atomic E-state index is 11.0. The average molecular weight is 565 g/mol. The lowest BCUT2D eigenvalue weighted by atomic mass is 10.1. The number of aryl methyl sites for hydroxylation is 5. The predicted octanol–water partition coefficient (Wildman–Crippen LogP) is 6.06. The first-order chi connectivity index (χ1) is 18.3. The zero-order chi connectivity index (χ0) is 28.9. The van der Waals surface area contributed by atoms with Crippen molar-refractivity contribution in [3.8, 4) is 11.3 Å². The van der Waals surface area contributed by atoms with Crippen molar-refractivity contribution in [3.63, 3.8) is 0 Å². The summed E-state index contributed by atoms with van der Waals surface area (Å²) in [4.78, 5) is 34.3. The van der Waals surface area contributed by atoms with Crippen LogP contribution in [0.1, 0.15) is 44.5 Å². The number of nitro groups is 2. The van der Waals surface area contributed by atoms with Gasteiger partial charge >= 0.3 is 0 Å². The van der Waals surface area contributed by atoms with Gasteiger partial charge in [-0.2, -0.15) is 0 Å². The predicted molar refractivity (Wildman–Crippen MR) is 156 cm³/mol. The molecule has 1 aromatic carbocycles. The van der Waals surface area contributed by atoms with Gasteiger partial charge in [0.05, 0.1) is 36.9 Å². The molecular formula is C27H28N6O4S2. The number of rotatable bonds is 7. The quantitative estimate of drug-likeness (QED) is 0.160. The van der Waals surface area contributed by atoms with Crippen LogP contribution in [-0.4, -0.2) is 29.8 Å². The fraction of sp³-hybridized carbons (Fsp3) is 0.259. The molecule has 10 nitrogen and oxygen atoms in total. The lowest BCUT2D eigenvalue weighted by Crippen LogP contribution is -2.14. The van der Waals surface area contributed by atoms with E-state index in [1.807, 2.05) is 12.3 Å². The van der Waals surface area contributed by atoms with Gasteiger partial charge < -0.3 is 5.73 Å². The third-order valence-corrected chi connectivity index (χ3v) is 6.91. The van der Waals surface area contributed by atoms with E-state index in [9.17, 15) is 20.2 Å². The second kappa shape index (κ2) is 12.6. The molecule has 12 heteroatoms. The smallest absolute Gasteiger partial charge is 0.290 e. The van der Waals surface area contributed by atoms with E-state index in [1.165, 1.54) is 11.6 Å². The van der Waals surface area contributed by atoms with Crippen LogP contribution in [-0.2, 0) is 12.8 Å². The molecule has 4 aromatic rings. The first kappa shape index (κ1) is 29.4. The number of thiocarbonyl (C=S) groups is 1. The molecule has 2 N–H and O–H groups in total. The third kappa shape index (κ3) is 7.68. The van der Waals surface area contributed by atoms with E-state index < -0.39 is 9.85 Å². The van der Waals surface area contributed by atoms with E-state index in [-0.39, 0.29) is 11.4 Å². The summed E-state index contributed by atoms with van der Waals surface area (Å²) in [5.41, 5.74) is 12.7. The van der Waals surface area contributed by atoms with Gasteiger partial charge in [0.25, 0.3) is 11.4 Å². The molecule has 0 spiro atoms. The number of pyridine rings is 2. The molecule has 0 atom stereocenters. The van der Waals surface area contributed by atoms with Crippen molar-refractivity contribution >= 4 is 39.9 Å². The summed E-state index contributed by atoms with van der Waals surface area (Å²) in [6, 6.07) is 11.4. The minimum Gasteiger partial charge on any atom is -0.393 e. The highest BCUT2D eigenvalue weighted by atomic mass is 32.1. The monoisotopic (exact) mass is 564 g/mol. The Morgan fingerprint density at radius 1 is 0.872 bits per heavy atom. The molecule has 3 heterocycles. The second-order valence-corrected chi connectivity index (χ2v) is 10.5. The zero-order valence-electron chi connectivity index (χ0n) is 22.2. The van der Waals surface area contributed by atoms with Gasteiger partial charge in [0, 0.05) is 35.9 Å². The van der Waals surface area contributed by atoms with Crippen molar-refractivity contribution < 1.29 is 9.85 Å². The standard InChI is InChI=1S/C18H17N3O2S.C9H11N3O2S/c1-11-4-6-14(7-5-11)16-10-24-18(20-16)9-15-12(2)8-17(21(22)23)13(3)19-15;1-5-3-8(12(13)14)6(2)11-7(5)4-9(10)15/h4-8,10H,9H2,1-3H3;3H,4H2,1-2H3,(H2,10,15). The number of nitrogens with two attached hydrogens (primary N) is 1. The summed E-state index contributed by atoms with van der Waals surface area (Å²) >= 11 is 6.35. The number of benzene rings is 1. The van der Waals surface area contributed by atoms with E-state index >= 15 is 0 Å². The fourth-order valence-electron chi connectivity index (χ4n) is 3.77. The Hall–Kier alpha value is -4.16. The maximum absolute atomic E-state index is 11.0. The zero-order valence-corrected chi connectivity index (χ0v) is 23.9. The highest BCUT2D eigenvalue weighted by Gasteiger charge is 2.17. The van der Waals surface area contributed by atoms with Crippen molar-refractivity contribution in [1.82, 2.24) is 15.0 Å². The van der Waals surface area contributed by atoms with Gasteiger partial charge in [-0.05, 0) is 45.7 Å². The summed E-state index contributed by atoms with van der Waals surface area (Å²) < 4.78 is 0. The van der Waals surface area contributed by atoms with Crippen molar-refractivity contribution in [2.45, 2.75) is 47.5 Å². The first-order valence-electron chi connectivity index (χ1n) is 11.9. The van der Waals surface area contributed by atoms with Gasteiger partial charge in [-0.15, -0.1) is 11.3 Å². The van der Waals surface area contributed by atoms with Gasteiger partial charge in [-0.3, -0.25) is 30.2 Å². The molecule has 3 aromatic heterocycles. The summed E-state index contributed by atoms with van der Waals surface area (Å²) in [5, 5.41) is 24.6. The molecule has 4 rings (SSSR count). The van der Waals surface area contributed by atoms with Crippen molar-refractivity contribution in [2.24, 2.45) is 5.73 Å². The summed E-state index contributed by atoms with van der Waals surface area (Å²) in [6.45, 7) is 8.93. The highest BCUT2D eigenvalue weighted by molar-refractivity contribution is 7.80. The van der Waals surface area contributed by atoms with Gasteiger partial charge in [-0.25, -0.2) is 4.98 Å². The number of nitrogens with zero attached hydrogens (tertiary/aromatic N) is 5. The maximum Gasteiger partial charge on any atom is 0.290 e. The van der Waals surface area contributed by atoms with Gasteiger partial charge in [0.2, 0.25) is 0 Å². The van der Waals surface area contributed by atoms with E-state index in [0.29, 0.717) is 34.9 Å². The molecule has 0 saturated heterocycles. The van der Waals surface area contributed by atoms with Crippen LogP contribution in [0.15, 0.2) is 41.8 Å². The summed E-state index contributed by atoms with van der Waals surface area (Å²) in [7, 11) is 0. The van der Waals surface area contributed by atoms with Crippen LogP contribution < -0.4 is 5.73 Å². The van der Waals surface area contributed by atoms with Crippen LogP contribution in [0.4, 0.5) is 11.4 Å². The van der Waals surface area contributed by atoms with Crippen LogP contribution in [0.3, 0.4) is 0 Å². The number of aromatic nitrogens is 3. The minimum absolute atomic E-state index is 0.0270. The first-order valence-corrected chi connectivity index (χ1v) is 13.2. The Bertz CT molecular complexity index is 1550. The molecule has 0 aliphatic heterocycles. The average Bonchev–Trinajstić information content (AvgIpc) is 3.32. The lowest BCUT2D eigenvalue weighted by molar-refractivity contribution is -0.385. The minimum atomic E-state index is -0.445. The van der Waals surface area contributed by atoms with Crippen LogP contribution in [0.2, 0.25) is 0 Å². The number of hydrogen-bond acceptors (Lipinski definition) is 9. The van der Waals surface area contributed by atoms with Crippen molar-refractivity contribution in [3.05, 3.63) is 106 Å². The van der Waals surface area contributed by atoms with Crippen LogP contribution in [0.25, 0.3) is 11.3 Å². The Kier molecular flexibility index (Phi) is 9.49. The van der Waals surface area contributed by atoms with E-state index in [0.717, 1.165) is 33.1 Å². The molecule has 0 radical (unpaired) electrons. The molecule has 0 bridgehead atoms. The third-order valence-electron chi connectivity index (χ3n) is 5.92. The van der Waals surface area contributed by atoms with Gasteiger partial charge in [-0.1, -0.05) is 42.0 Å². The molecule has 0 fully saturated rings. The van der Waals surface area contributed by atoms with Crippen LogP contribution in [0, 0.1) is 54.8 Å². The number of hydrogen-bond donors (Lipinski definition) is 1. The molecule has 202 valence electrons. The molecule has 0 unspecified atom stereocenters. The normalized spacial score (nSPS) is 10.5. The molecule has 0 saturated carbocycles. The Balaban J connectivity index is 0.000000242. The van der Waals surface area contributed by atoms with Gasteiger partial charge in [0.15, 0.2) is 0 Å². The highest BCUT2D eigenvalue weighted by Crippen LogP contribution is 2.26. The van der Waals surface area contributed by atoms with E-state index in [1.54, 1.807) is 38.2 Å². The van der Waals surface area contributed by atoms with E-state index in [4.69, 9.17) is 18.0 Å². The van der Waals surface area contributed by atoms with Crippen molar-refractivity contribution in [1.29, 1.82) is 0 Å². The Morgan fingerprint density at radius 2 is 1.38 bits per heavy atom. The molecule has 0 aliphatic rings. The summed E-state index contributed by atoms with van der Waals surface area (Å²) in [6.07, 6.45) is 0.960. The molecule has 0 amide bonds. The number of thiazole rings is 1. The molecule has 0 aliphatic carbocycles. The fourth-order valence-corrected chi connectivity index (χ4v) is 4.71. The van der Waals surface area contributed by atoms with Crippen LogP contribution >= 0.6 is 23.6 Å². The summed E-state index contributed by atoms with van der Waals surface area (Å²) in [5.74, 6) is 0. The second-order valence-electron chi connectivity index (χ2n) is 9.04. The van der Waals surface area contributed by atoms with Gasteiger partial charge in [0.1, 0.15) is 11.4 Å². The Labute approximate surface area is 235 Å². The molecular weight excluding hydrogens is 536 g/mol. The van der Waals surface area contributed by atoms with E-state index in [2.05, 4.69) is 46.1 Å². The van der Waals surface area contributed by atoms with Crippen molar-refractivity contribution in [2.75, 3.05) is 0 Å².